The standard InChI is InChI=1S/C21H21ClN6O5/c1-32-18-10-14-17(11-19(18)33-2)23-12-24-20(14)26-5-7-27(8-6-26)21(29)25-16-4-3-13(28(30)31)9-15(16)22/h3-4,9-12H,5-8H2,1-2H3,(H,25,29). The Morgan fingerprint density at radius 3 is 2.42 bits per heavy atom. The first-order valence-electron chi connectivity index (χ1n) is 10.0. The third kappa shape index (κ3) is 4.53. The number of benzene rings is 2. The number of hydrogen-bond donors (Lipinski definition) is 1. The van der Waals surface area contributed by atoms with Gasteiger partial charge >= 0.3 is 6.03 Å². The minimum absolute atomic E-state index is 0.105. The predicted octanol–water partition coefficient (Wildman–Crippen LogP) is 3.56. The normalized spacial score (nSPS) is 13.7. The van der Waals surface area contributed by atoms with Crippen molar-refractivity contribution in [1.29, 1.82) is 0 Å². The molecular formula is C21H21ClN6O5. The van der Waals surface area contributed by atoms with Crippen molar-refractivity contribution in [2.45, 2.75) is 0 Å². The molecule has 0 saturated carbocycles. The summed E-state index contributed by atoms with van der Waals surface area (Å²) in [4.78, 5) is 35.5. The average molecular weight is 473 g/mol. The third-order valence-corrected chi connectivity index (χ3v) is 5.70. The molecule has 172 valence electrons. The number of urea groups is 1. The molecule has 1 aliphatic heterocycles. The fourth-order valence-electron chi connectivity index (χ4n) is 3.66. The highest BCUT2D eigenvalue weighted by Gasteiger charge is 2.24. The van der Waals surface area contributed by atoms with Gasteiger partial charge in [-0.05, 0) is 12.1 Å². The van der Waals surface area contributed by atoms with Crippen LogP contribution < -0.4 is 19.7 Å². The molecule has 0 bridgehead atoms. The van der Waals surface area contributed by atoms with Gasteiger partial charge in [-0.3, -0.25) is 10.1 Å². The van der Waals surface area contributed by atoms with Crippen molar-refractivity contribution in [3.63, 3.8) is 0 Å². The van der Waals surface area contributed by atoms with Crippen molar-refractivity contribution < 1.29 is 19.2 Å². The summed E-state index contributed by atoms with van der Waals surface area (Å²) in [5, 5.41) is 14.5. The number of piperazine rings is 1. The summed E-state index contributed by atoms with van der Waals surface area (Å²) in [5.74, 6) is 1.92. The second-order valence-electron chi connectivity index (χ2n) is 7.25. The molecule has 2 aromatic carbocycles. The molecule has 1 N–H and O–H groups in total. The van der Waals surface area contributed by atoms with E-state index in [-0.39, 0.29) is 16.7 Å². The van der Waals surface area contributed by atoms with E-state index < -0.39 is 4.92 Å². The number of nitro groups is 1. The van der Waals surface area contributed by atoms with Gasteiger partial charge in [0.15, 0.2) is 11.5 Å². The Morgan fingerprint density at radius 2 is 1.79 bits per heavy atom. The quantitative estimate of drug-likeness (QED) is 0.441. The largest absolute Gasteiger partial charge is 0.493 e. The molecule has 12 heteroatoms. The summed E-state index contributed by atoms with van der Waals surface area (Å²) in [5.41, 5.74) is 0.904. The van der Waals surface area contributed by atoms with Crippen molar-refractivity contribution >= 4 is 45.7 Å². The Hall–Kier alpha value is -3.86. The van der Waals surface area contributed by atoms with Crippen LogP contribution in [0.15, 0.2) is 36.7 Å². The summed E-state index contributed by atoms with van der Waals surface area (Å²) in [6.45, 7) is 2.02. The lowest BCUT2D eigenvalue weighted by molar-refractivity contribution is -0.384. The van der Waals surface area contributed by atoms with Crippen LogP contribution in [0.3, 0.4) is 0 Å². The Bertz CT molecular complexity index is 1220. The van der Waals surface area contributed by atoms with Gasteiger partial charge in [0.1, 0.15) is 12.1 Å². The van der Waals surface area contributed by atoms with Crippen molar-refractivity contribution in [2.24, 2.45) is 0 Å². The van der Waals surface area contributed by atoms with Crippen molar-refractivity contribution in [3.05, 3.63) is 51.8 Å². The number of fused-ring (bicyclic) bond motifs is 1. The smallest absolute Gasteiger partial charge is 0.322 e. The topological polar surface area (TPSA) is 123 Å². The highest BCUT2D eigenvalue weighted by molar-refractivity contribution is 6.33. The molecule has 1 saturated heterocycles. The van der Waals surface area contributed by atoms with E-state index in [2.05, 4.69) is 20.2 Å². The van der Waals surface area contributed by atoms with E-state index in [0.29, 0.717) is 43.4 Å². The first kappa shape index (κ1) is 22.3. The number of halogens is 1. The average Bonchev–Trinajstić information content (AvgIpc) is 2.83. The number of methoxy groups -OCH3 is 2. The molecule has 11 nitrogen and oxygen atoms in total. The number of nitrogens with zero attached hydrogens (tertiary/aromatic N) is 5. The molecular weight excluding hydrogens is 452 g/mol. The lowest BCUT2D eigenvalue weighted by Crippen LogP contribution is -2.50. The van der Waals surface area contributed by atoms with E-state index in [1.54, 1.807) is 25.2 Å². The van der Waals surface area contributed by atoms with Crippen molar-refractivity contribution in [1.82, 2.24) is 14.9 Å². The molecule has 2 amide bonds. The van der Waals surface area contributed by atoms with Crippen molar-refractivity contribution in [3.8, 4) is 11.5 Å². The van der Waals surface area contributed by atoms with E-state index in [4.69, 9.17) is 21.1 Å². The molecule has 0 atom stereocenters. The van der Waals surface area contributed by atoms with Crippen LogP contribution in [-0.2, 0) is 0 Å². The second kappa shape index (κ2) is 9.33. The molecule has 1 aromatic heterocycles. The van der Waals surface area contributed by atoms with Crippen molar-refractivity contribution in [2.75, 3.05) is 50.6 Å². The molecule has 4 rings (SSSR count). The zero-order valence-corrected chi connectivity index (χ0v) is 18.7. The molecule has 33 heavy (non-hydrogen) atoms. The van der Waals surface area contributed by atoms with E-state index in [9.17, 15) is 14.9 Å². The van der Waals surface area contributed by atoms with Crippen LogP contribution in [0.4, 0.5) is 22.0 Å². The van der Waals surface area contributed by atoms with Crippen LogP contribution in [0.2, 0.25) is 5.02 Å². The van der Waals surface area contributed by atoms with Crippen LogP contribution in [-0.4, -0.2) is 66.2 Å². The number of non-ortho nitro benzene ring substituents is 1. The number of ether oxygens (including phenoxy) is 2. The van der Waals surface area contributed by atoms with Crippen LogP contribution >= 0.6 is 11.6 Å². The second-order valence-corrected chi connectivity index (χ2v) is 7.65. The Balaban J connectivity index is 1.46. The number of nitro benzene ring substituents is 1. The monoisotopic (exact) mass is 472 g/mol. The number of carbonyl (C=O) groups excluding carboxylic acids is 1. The van der Waals surface area contributed by atoms with Gasteiger partial charge in [0.2, 0.25) is 0 Å². The van der Waals surface area contributed by atoms with E-state index in [0.717, 1.165) is 16.7 Å². The number of rotatable bonds is 5. The molecule has 0 radical (unpaired) electrons. The summed E-state index contributed by atoms with van der Waals surface area (Å²) in [6, 6.07) is 7.24. The molecule has 0 aliphatic carbocycles. The number of carbonyl (C=O) groups is 1. The SMILES string of the molecule is COc1cc2ncnc(N3CCN(C(=O)Nc4ccc([N+](=O)[O-])cc4Cl)CC3)c2cc1OC. The Labute approximate surface area is 194 Å². The maximum atomic E-state index is 12.7. The lowest BCUT2D eigenvalue weighted by Gasteiger charge is -2.35. The van der Waals surface area contributed by atoms with Gasteiger partial charge in [-0.25, -0.2) is 14.8 Å². The minimum Gasteiger partial charge on any atom is -0.493 e. The molecule has 0 spiro atoms. The van der Waals surface area contributed by atoms with Gasteiger partial charge in [0, 0.05) is 49.8 Å². The Morgan fingerprint density at radius 1 is 1.09 bits per heavy atom. The number of hydrogen-bond acceptors (Lipinski definition) is 8. The number of amides is 2. The summed E-state index contributed by atoms with van der Waals surface area (Å²) < 4.78 is 10.8. The first-order chi connectivity index (χ1) is 15.9. The molecule has 0 unspecified atom stereocenters. The zero-order valence-electron chi connectivity index (χ0n) is 17.9. The van der Waals surface area contributed by atoms with Crippen LogP contribution in [0.5, 0.6) is 11.5 Å². The molecule has 1 aliphatic rings. The number of nitrogens with one attached hydrogen (secondary N) is 1. The van der Waals surface area contributed by atoms with Crippen LogP contribution in [0, 0.1) is 10.1 Å². The zero-order chi connectivity index (χ0) is 23.5. The van der Waals surface area contributed by atoms with Gasteiger partial charge in [-0.1, -0.05) is 11.6 Å². The summed E-state index contributed by atoms with van der Waals surface area (Å²) in [7, 11) is 3.14. The fraction of sp³-hybridized carbons (Fsp3) is 0.286. The van der Waals surface area contributed by atoms with E-state index in [1.165, 1.54) is 24.5 Å². The van der Waals surface area contributed by atoms with Crippen LogP contribution in [0.25, 0.3) is 10.9 Å². The highest BCUT2D eigenvalue weighted by Crippen LogP contribution is 2.35. The number of anilines is 2. The molecule has 2 heterocycles. The van der Waals surface area contributed by atoms with Gasteiger partial charge in [-0.15, -0.1) is 0 Å². The maximum Gasteiger partial charge on any atom is 0.322 e. The lowest BCUT2D eigenvalue weighted by atomic mass is 10.2. The predicted molar refractivity (Wildman–Crippen MR) is 124 cm³/mol. The van der Waals surface area contributed by atoms with Crippen LogP contribution in [0.1, 0.15) is 0 Å². The highest BCUT2D eigenvalue weighted by atomic mass is 35.5. The van der Waals surface area contributed by atoms with Gasteiger partial charge < -0.3 is 24.6 Å². The summed E-state index contributed by atoms with van der Waals surface area (Å²) >= 11 is 6.08. The molecule has 3 aromatic rings. The first-order valence-corrected chi connectivity index (χ1v) is 10.4. The summed E-state index contributed by atoms with van der Waals surface area (Å²) in [6.07, 6.45) is 1.50. The van der Waals surface area contributed by atoms with Gasteiger partial charge in [0.05, 0.1) is 35.4 Å². The fourth-order valence-corrected chi connectivity index (χ4v) is 3.88. The maximum absolute atomic E-state index is 12.7. The third-order valence-electron chi connectivity index (χ3n) is 5.39. The van der Waals surface area contributed by atoms with E-state index in [1.807, 2.05) is 6.07 Å². The number of aromatic nitrogens is 2. The van der Waals surface area contributed by atoms with Gasteiger partial charge in [0.25, 0.3) is 5.69 Å². The molecule has 1 fully saturated rings. The Kier molecular flexibility index (Phi) is 6.31. The van der Waals surface area contributed by atoms with Gasteiger partial charge in [-0.2, -0.15) is 0 Å². The van der Waals surface area contributed by atoms with E-state index >= 15 is 0 Å². The minimum atomic E-state index is -0.542.